The van der Waals surface area contributed by atoms with Crippen LogP contribution in [0.1, 0.15) is 33.6 Å². The highest BCUT2D eigenvalue weighted by atomic mass is 33.1. The number of ketones is 1. The Hall–Kier alpha value is -2.13. The summed E-state index contributed by atoms with van der Waals surface area (Å²) in [6.07, 6.45) is -1.06. The average Bonchev–Trinajstić information content (AvgIpc) is 2.74. The van der Waals surface area contributed by atoms with E-state index >= 15 is 0 Å². The number of aliphatic hydroxyl groups is 1. The molecule has 0 rings (SSSR count). The third kappa shape index (κ3) is 11.8. The number of aliphatic hydroxyl groups excluding tert-OH is 1. The summed E-state index contributed by atoms with van der Waals surface area (Å²) in [5.41, 5.74) is 0. The van der Waals surface area contributed by atoms with E-state index in [9.17, 15) is 29.1 Å². The first kappa shape index (κ1) is 31.9. The van der Waals surface area contributed by atoms with Crippen LogP contribution in [0.5, 0.6) is 0 Å². The Balaban J connectivity index is 5.02. The molecule has 12 nitrogen and oxygen atoms in total. The van der Waals surface area contributed by atoms with Gasteiger partial charge in [0, 0.05) is 10.7 Å². The molecule has 0 aliphatic heterocycles. The van der Waals surface area contributed by atoms with Gasteiger partial charge in [0.1, 0.15) is 6.04 Å². The number of carboxylic acid groups (broad SMARTS) is 2. The number of hydrogen-bond acceptors (Lipinski definition) is 10. The molecule has 0 saturated heterocycles. The number of carboxylic acids is 2. The van der Waals surface area contributed by atoms with Crippen LogP contribution in [0.3, 0.4) is 0 Å². The van der Waals surface area contributed by atoms with E-state index in [1.165, 1.54) is 20.9 Å². The van der Waals surface area contributed by atoms with Gasteiger partial charge in [-0.25, -0.2) is 4.79 Å². The minimum atomic E-state index is -1.46. The fourth-order valence-corrected chi connectivity index (χ4v) is 4.91. The van der Waals surface area contributed by atoms with Gasteiger partial charge < -0.3 is 36.6 Å². The van der Waals surface area contributed by atoms with Gasteiger partial charge in [-0.1, -0.05) is 35.1 Å². The second-order valence-corrected chi connectivity index (χ2v) is 9.86. The van der Waals surface area contributed by atoms with Gasteiger partial charge in [0.25, 0.3) is 0 Å². The molecular weight excluding hydrogens is 488 g/mol. The van der Waals surface area contributed by atoms with Crippen LogP contribution in [0, 0.1) is 0 Å². The Bertz CT molecular complexity index is 750. The van der Waals surface area contributed by atoms with Crippen molar-refractivity contribution < 1.29 is 39.3 Å². The van der Waals surface area contributed by atoms with Crippen molar-refractivity contribution in [1.82, 2.24) is 21.3 Å². The molecule has 0 saturated carbocycles. The van der Waals surface area contributed by atoms with Gasteiger partial charge in [0.15, 0.2) is 11.8 Å². The van der Waals surface area contributed by atoms with Crippen LogP contribution in [-0.4, -0.2) is 94.5 Å². The molecule has 0 aromatic carbocycles. The molecule has 0 unspecified atom stereocenters. The van der Waals surface area contributed by atoms with E-state index in [1.807, 2.05) is 6.92 Å². The highest BCUT2D eigenvalue weighted by Gasteiger charge is 2.29. The van der Waals surface area contributed by atoms with Crippen molar-refractivity contribution in [2.75, 3.05) is 19.3 Å². The molecule has 0 bridgehead atoms. The molecule has 5 atom stereocenters. The number of aliphatic carboxylic acids is 2. The Morgan fingerprint density at radius 3 is 2.06 bits per heavy atom. The number of amides is 2. The van der Waals surface area contributed by atoms with Gasteiger partial charge in [-0.3, -0.25) is 19.2 Å². The predicted octanol–water partition coefficient (Wildman–Crippen LogP) is -0.664. The summed E-state index contributed by atoms with van der Waals surface area (Å²) < 4.78 is 0. The molecule has 0 aliphatic rings. The quantitative estimate of drug-likeness (QED) is 0.112. The summed E-state index contributed by atoms with van der Waals surface area (Å²) >= 11 is 0. The van der Waals surface area contributed by atoms with Gasteiger partial charge in [0.2, 0.25) is 11.8 Å². The van der Waals surface area contributed by atoms with Crippen molar-refractivity contribution in [3.05, 3.63) is 11.5 Å². The fourth-order valence-electron chi connectivity index (χ4n) is 2.56. The molecule has 7 N–H and O–H groups in total. The molecule has 0 radical (unpaired) electrons. The summed E-state index contributed by atoms with van der Waals surface area (Å²) in [6, 6.07) is -4.36. The summed E-state index contributed by atoms with van der Waals surface area (Å²) in [4.78, 5) is 59.5. The number of nitrogens with one attached hydrogen (secondary N) is 4. The van der Waals surface area contributed by atoms with Crippen molar-refractivity contribution in [3.8, 4) is 0 Å². The molecule has 0 spiro atoms. The van der Waals surface area contributed by atoms with Gasteiger partial charge in [-0.15, -0.1) is 0 Å². The lowest BCUT2D eigenvalue weighted by Crippen LogP contribution is -2.54. The first-order valence-corrected chi connectivity index (χ1v) is 12.8. The van der Waals surface area contributed by atoms with Crippen molar-refractivity contribution in [1.29, 1.82) is 0 Å². The van der Waals surface area contributed by atoms with Crippen LogP contribution in [0.4, 0.5) is 0 Å². The van der Waals surface area contributed by atoms with Crippen molar-refractivity contribution in [3.63, 3.8) is 0 Å². The minimum absolute atomic E-state index is 0.149. The van der Waals surface area contributed by atoms with E-state index in [-0.39, 0.29) is 10.7 Å². The Labute approximate surface area is 206 Å². The van der Waals surface area contributed by atoms with Crippen molar-refractivity contribution >= 4 is 51.1 Å². The average molecular weight is 523 g/mol. The number of rotatable bonds is 18. The normalized spacial score (nSPS) is 15.3. The van der Waals surface area contributed by atoms with E-state index < -0.39 is 66.2 Å². The SMILES string of the molecule is C=C(SSC[C@H](NC)C(=O)N[C@H](C(=O)O)[C@@H](C)O)[C@H](NC(=O)[C@H](CC(=O)O)NCCC)C(C)=O. The minimum Gasteiger partial charge on any atom is -0.481 e. The van der Waals surface area contributed by atoms with E-state index in [0.717, 1.165) is 21.6 Å². The smallest absolute Gasteiger partial charge is 0.328 e. The van der Waals surface area contributed by atoms with E-state index in [2.05, 4.69) is 27.8 Å². The maximum absolute atomic E-state index is 12.6. The molecule has 0 aromatic heterocycles. The van der Waals surface area contributed by atoms with Gasteiger partial charge in [0.05, 0.1) is 24.6 Å². The highest BCUT2D eigenvalue weighted by molar-refractivity contribution is 8.78. The molecular formula is C20H34N4O8S2. The summed E-state index contributed by atoms with van der Waals surface area (Å²) in [7, 11) is 3.70. The Morgan fingerprint density at radius 2 is 1.62 bits per heavy atom. The monoisotopic (exact) mass is 522 g/mol. The van der Waals surface area contributed by atoms with Crippen LogP contribution in [0.25, 0.3) is 0 Å². The Morgan fingerprint density at radius 1 is 1.03 bits per heavy atom. The van der Waals surface area contributed by atoms with Crippen LogP contribution in [0.15, 0.2) is 11.5 Å². The van der Waals surface area contributed by atoms with Crippen LogP contribution in [0.2, 0.25) is 0 Å². The molecule has 34 heavy (non-hydrogen) atoms. The molecule has 0 heterocycles. The third-order valence-electron chi connectivity index (χ3n) is 4.46. The van der Waals surface area contributed by atoms with Gasteiger partial charge in [-0.2, -0.15) is 0 Å². The zero-order valence-electron chi connectivity index (χ0n) is 19.6. The van der Waals surface area contributed by atoms with E-state index in [1.54, 1.807) is 0 Å². The number of carbonyl (C=O) groups excluding carboxylic acids is 3. The van der Waals surface area contributed by atoms with Crippen LogP contribution >= 0.6 is 21.6 Å². The van der Waals surface area contributed by atoms with Crippen LogP contribution < -0.4 is 21.3 Å². The van der Waals surface area contributed by atoms with Crippen molar-refractivity contribution in [2.24, 2.45) is 0 Å². The maximum atomic E-state index is 12.6. The zero-order valence-corrected chi connectivity index (χ0v) is 21.3. The number of Topliss-reactive ketones (excluding diaryl/α,β-unsaturated/α-hetero) is 1. The van der Waals surface area contributed by atoms with Crippen LogP contribution in [-0.2, 0) is 24.0 Å². The summed E-state index contributed by atoms with van der Waals surface area (Å²) in [6.45, 7) is 8.61. The molecule has 0 aromatic rings. The second-order valence-electron chi connectivity index (χ2n) is 7.40. The second kappa shape index (κ2) is 16.5. The molecule has 14 heteroatoms. The lowest BCUT2D eigenvalue weighted by atomic mass is 10.1. The first-order valence-electron chi connectivity index (χ1n) is 10.5. The maximum Gasteiger partial charge on any atom is 0.328 e. The zero-order chi connectivity index (χ0) is 26.4. The highest BCUT2D eigenvalue weighted by Crippen LogP contribution is 2.32. The summed E-state index contributed by atoms with van der Waals surface area (Å²) in [5.74, 6) is -4.07. The largest absolute Gasteiger partial charge is 0.481 e. The number of hydrogen-bond donors (Lipinski definition) is 7. The number of carbonyl (C=O) groups is 5. The van der Waals surface area contributed by atoms with Gasteiger partial charge >= 0.3 is 11.9 Å². The first-order chi connectivity index (χ1) is 15.8. The third-order valence-corrected chi connectivity index (χ3v) is 6.90. The molecule has 194 valence electrons. The molecule has 0 fully saturated rings. The fraction of sp³-hybridized carbons (Fsp3) is 0.650. The Kier molecular flexibility index (Phi) is 15.5. The topological polar surface area (TPSA) is 194 Å². The van der Waals surface area contributed by atoms with E-state index in [0.29, 0.717) is 13.0 Å². The van der Waals surface area contributed by atoms with Gasteiger partial charge in [-0.05, 0) is 33.9 Å². The standard InChI is InChI=1S/C20H34N4O8S2/c1-6-7-22-13(8-15(27)28)18(29)23-16(10(2)25)12(4)34-33-9-14(21-5)19(30)24-17(11(3)26)20(31)32/h11,13-14,16-17,21-22,26H,4,6-9H2,1-3,5H3,(H,23,29)(H,24,30)(H,27,28)(H,31,32)/t11-,13+,14+,16-,17+/m1/s1. The summed E-state index contributed by atoms with van der Waals surface area (Å²) in [5, 5.41) is 38.0. The van der Waals surface area contributed by atoms with E-state index in [4.69, 9.17) is 10.2 Å². The number of likely N-dealkylation sites (N-methyl/N-ethyl adjacent to an activating group) is 1. The lowest BCUT2D eigenvalue weighted by Gasteiger charge is -2.23. The molecule has 0 aliphatic carbocycles. The predicted molar refractivity (Wildman–Crippen MR) is 130 cm³/mol. The van der Waals surface area contributed by atoms with Crippen molar-refractivity contribution in [2.45, 2.75) is 63.9 Å². The lowest BCUT2D eigenvalue weighted by molar-refractivity contribution is -0.145. The molecule has 2 amide bonds.